The molecule has 5 heteroatoms. The van der Waals surface area contributed by atoms with Crippen molar-refractivity contribution in [1.29, 1.82) is 0 Å². The summed E-state index contributed by atoms with van der Waals surface area (Å²) in [6, 6.07) is 17.2. The number of hydrogen-bond acceptors (Lipinski definition) is 4. The molecule has 0 radical (unpaired) electrons. The van der Waals surface area contributed by atoms with Crippen molar-refractivity contribution in [2.45, 2.75) is 32.8 Å². The SMILES string of the molecule is CCNC(=O)[C@@H](C)OC(=O)CCC(=O)c1ccc(-c2ccccc2)cc1. The van der Waals surface area contributed by atoms with Crippen LogP contribution < -0.4 is 5.32 Å². The molecule has 0 aliphatic heterocycles. The number of likely N-dealkylation sites (N-methyl/N-ethyl adjacent to an activating group) is 1. The van der Waals surface area contributed by atoms with Crippen LogP contribution in [0.4, 0.5) is 0 Å². The lowest BCUT2D eigenvalue weighted by Crippen LogP contribution is -2.35. The molecule has 136 valence electrons. The normalized spacial score (nSPS) is 11.5. The highest BCUT2D eigenvalue weighted by molar-refractivity contribution is 5.98. The van der Waals surface area contributed by atoms with E-state index in [1.165, 1.54) is 6.92 Å². The average molecular weight is 353 g/mol. The number of benzene rings is 2. The van der Waals surface area contributed by atoms with Gasteiger partial charge in [-0.2, -0.15) is 0 Å². The van der Waals surface area contributed by atoms with Gasteiger partial charge in [0.15, 0.2) is 11.9 Å². The number of rotatable bonds is 8. The fourth-order valence-electron chi connectivity index (χ4n) is 2.47. The molecule has 2 aromatic rings. The third-order valence-electron chi connectivity index (χ3n) is 3.90. The highest BCUT2D eigenvalue weighted by Gasteiger charge is 2.18. The molecule has 0 saturated carbocycles. The van der Waals surface area contributed by atoms with E-state index in [4.69, 9.17) is 4.74 Å². The topological polar surface area (TPSA) is 72.5 Å². The fraction of sp³-hybridized carbons (Fsp3) is 0.286. The highest BCUT2D eigenvalue weighted by Crippen LogP contribution is 2.20. The van der Waals surface area contributed by atoms with Gasteiger partial charge in [-0.1, -0.05) is 54.6 Å². The summed E-state index contributed by atoms with van der Waals surface area (Å²) in [4.78, 5) is 35.5. The first kappa shape index (κ1) is 19.4. The lowest BCUT2D eigenvalue weighted by molar-refractivity contribution is -0.154. The molecule has 0 fully saturated rings. The summed E-state index contributed by atoms with van der Waals surface area (Å²) in [5.74, 6) is -1.03. The van der Waals surface area contributed by atoms with Gasteiger partial charge < -0.3 is 10.1 Å². The molecule has 0 spiro atoms. The van der Waals surface area contributed by atoms with Gasteiger partial charge in [0.2, 0.25) is 0 Å². The molecule has 2 aromatic carbocycles. The smallest absolute Gasteiger partial charge is 0.307 e. The Bertz CT molecular complexity index is 753. The summed E-state index contributed by atoms with van der Waals surface area (Å²) in [5, 5.41) is 2.58. The summed E-state index contributed by atoms with van der Waals surface area (Å²) >= 11 is 0. The fourth-order valence-corrected chi connectivity index (χ4v) is 2.47. The van der Waals surface area contributed by atoms with E-state index in [1.54, 1.807) is 19.1 Å². The van der Waals surface area contributed by atoms with Gasteiger partial charge in [-0.05, 0) is 25.0 Å². The zero-order valence-corrected chi connectivity index (χ0v) is 15.0. The van der Waals surface area contributed by atoms with Gasteiger partial charge in [0.1, 0.15) is 0 Å². The third-order valence-corrected chi connectivity index (χ3v) is 3.90. The van der Waals surface area contributed by atoms with E-state index in [9.17, 15) is 14.4 Å². The zero-order valence-electron chi connectivity index (χ0n) is 15.0. The number of ether oxygens (including phenoxy) is 1. The van der Waals surface area contributed by atoms with Crippen LogP contribution in [0.3, 0.4) is 0 Å². The monoisotopic (exact) mass is 353 g/mol. The summed E-state index contributed by atoms with van der Waals surface area (Å²) in [6.07, 6.45) is -0.864. The molecular formula is C21H23NO4. The van der Waals surface area contributed by atoms with Crippen molar-refractivity contribution in [3.63, 3.8) is 0 Å². The molecule has 0 saturated heterocycles. The minimum Gasteiger partial charge on any atom is -0.453 e. The van der Waals surface area contributed by atoms with Crippen LogP contribution in [0.1, 0.15) is 37.0 Å². The number of ketones is 1. The molecule has 2 rings (SSSR count). The lowest BCUT2D eigenvalue weighted by atomic mass is 10.0. The molecule has 26 heavy (non-hydrogen) atoms. The lowest BCUT2D eigenvalue weighted by Gasteiger charge is -2.12. The molecule has 1 N–H and O–H groups in total. The van der Waals surface area contributed by atoms with E-state index in [2.05, 4.69) is 5.32 Å². The number of Topliss-reactive ketones (excluding diaryl/α,β-unsaturated/α-hetero) is 1. The van der Waals surface area contributed by atoms with Gasteiger partial charge in [0.25, 0.3) is 5.91 Å². The summed E-state index contributed by atoms with van der Waals surface area (Å²) in [7, 11) is 0. The number of carbonyl (C=O) groups is 3. The maximum atomic E-state index is 12.2. The van der Waals surface area contributed by atoms with Crippen LogP contribution in [-0.4, -0.2) is 30.3 Å². The largest absolute Gasteiger partial charge is 0.453 e. The van der Waals surface area contributed by atoms with Crippen LogP contribution in [0.2, 0.25) is 0 Å². The third kappa shape index (κ3) is 5.55. The van der Waals surface area contributed by atoms with Crippen LogP contribution in [0.15, 0.2) is 54.6 Å². The number of amides is 1. The molecule has 0 unspecified atom stereocenters. The van der Waals surface area contributed by atoms with E-state index in [1.807, 2.05) is 42.5 Å². The molecule has 1 amide bonds. The second kappa shape index (κ2) is 9.51. The first-order valence-corrected chi connectivity index (χ1v) is 8.67. The van der Waals surface area contributed by atoms with Crippen LogP contribution in [-0.2, 0) is 14.3 Å². The summed E-state index contributed by atoms with van der Waals surface area (Å²) < 4.78 is 5.02. The van der Waals surface area contributed by atoms with Crippen molar-refractivity contribution >= 4 is 17.7 Å². The number of nitrogens with one attached hydrogen (secondary N) is 1. The van der Waals surface area contributed by atoms with Crippen LogP contribution in [0.25, 0.3) is 11.1 Å². The Morgan fingerprint density at radius 3 is 2.15 bits per heavy atom. The van der Waals surface area contributed by atoms with Gasteiger partial charge in [0.05, 0.1) is 6.42 Å². The molecule has 0 heterocycles. The van der Waals surface area contributed by atoms with Crippen molar-refractivity contribution in [3.05, 3.63) is 60.2 Å². The van der Waals surface area contributed by atoms with Gasteiger partial charge in [0, 0.05) is 18.5 Å². The molecule has 0 aliphatic rings. The van der Waals surface area contributed by atoms with Crippen molar-refractivity contribution < 1.29 is 19.1 Å². The van der Waals surface area contributed by atoms with Gasteiger partial charge in [-0.3, -0.25) is 14.4 Å². The van der Waals surface area contributed by atoms with Crippen molar-refractivity contribution in [3.8, 4) is 11.1 Å². The minimum atomic E-state index is -0.859. The van der Waals surface area contributed by atoms with Crippen LogP contribution in [0, 0.1) is 0 Å². The van der Waals surface area contributed by atoms with Gasteiger partial charge in [-0.15, -0.1) is 0 Å². The van der Waals surface area contributed by atoms with Crippen LogP contribution in [0.5, 0.6) is 0 Å². The second-order valence-corrected chi connectivity index (χ2v) is 5.89. The molecule has 0 aliphatic carbocycles. The molecule has 0 aromatic heterocycles. The van der Waals surface area contributed by atoms with E-state index in [-0.39, 0.29) is 24.5 Å². The highest BCUT2D eigenvalue weighted by atomic mass is 16.5. The standard InChI is InChI=1S/C21H23NO4/c1-3-22-21(25)15(2)26-20(24)14-13-19(23)18-11-9-17(10-12-18)16-7-5-4-6-8-16/h4-12,15H,3,13-14H2,1-2H3,(H,22,25)/t15-/m1/s1. The molecule has 5 nitrogen and oxygen atoms in total. The van der Waals surface area contributed by atoms with Gasteiger partial charge in [-0.25, -0.2) is 0 Å². The maximum Gasteiger partial charge on any atom is 0.307 e. The Kier molecular flexibility index (Phi) is 7.09. The second-order valence-electron chi connectivity index (χ2n) is 5.89. The van der Waals surface area contributed by atoms with E-state index >= 15 is 0 Å². The molecular weight excluding hydrogens is 330 g/mol. The predicted molar refractivity (Wildman–Crippen MR) is 99.7 cm³/mol. The average Bonchev–Trinajstić information content (AvgIpc) is 2.67. The Balaban J connectivity index is 1.86. The van der Waals surface area contributed by atoms with Gasteiger partial charge >= 0.3 is 5.97 Å². The summed E-state index contributed by atoms with van der Waals surface area (Å²) in [5.41, 5.74) is 2.65. The van der Waals surface area contributed by atoms with Crippen molar-refractivity contribution in [1.82, 2.24) is 5.32 Å². The predicted octanol–water partition coefficient (Wildman–Crippen LogP) is 3.38. The Morgan fingerprint density at radius 1 is 0.923 bits per heavy atom. The zero-order chi connectivity index (χ0) is 18.9. The Morgan fingerprint density at radius 2 is 1.54 bits per heavy atom. The quantitative estimate of drug-likeness (QED) is 0.583. The number of hydrogen-bond donors (Lipinski definition) is 1. The first-order valence-electron chi connectivity index (χ1n) is 8.67. The van der Waals surface area contributed by atoms with Crippen molar-refractivity contribution in [2.24, 2.45) is 0 Å². The minimum absolute atomic E-state index is 0.0473. The Labute approximate surface area is 153 Å². The molecule has 0 bridgehead atoms. The van der Waals surface area contributed by atoms with Crippen LogP contribution >= 0.6 is 0 Å². The summed E-state index contributed by atoms with van der Waals surface area (Å²) in [6.45, 7) is 3.76. The van der Waals surface area contributed by atoms with E-state index < -0.39 is 12.1 Å². The number of carbonyl (C=O) groups excluding carboxylic acids is 3. The van der Waals surface area contributed by atoms with E-state index in [0.29, 0.717) is 12.1 Å². The maximum absolute atomic E-state index is 12.2. The molecule has 1 atom stereocenters. The van der Waals surface area contributed by atoms with E-state index in [0.717, 1.165) is 11.1 Å². The Hall–Kier alpha value is -2.95. The van der Waals surface area contributed by atoms with Crippen molar-refractivity contribution in [2.75, 3.05) is 6.54 Å². The first-order chi connectivity index (χ1) is 12.5. The number of esters is 1.